The summed E-state index contributed by atoms with van der Waals surface area (Å²) in [5, 5.41) is 0. The summed E-state index contributed by atoms with van der Waals surface area (Å²) in [5.74, 6) is 1.65. The van der Waals surface area contributed by atoms with Gasteiger partial charge < -0.3 is 0 Å². The maximum atomic E-state index is 10.9. The van der Waals surface area contributed by atoms with Crippen molar-refractivity contribution in [2.24, 2.45) is 11.8 Å². The summed E-state index contributed by atoms with van der Waals surface area (Å²) in [6.45, 7) is 12.0. The second-order valence-electron chi connectivity index (χ2n) is 3.57. The van der Waals surface area contributed by atoms with E-state index >= 15 is 0 Å². The summed E-state index contributed by atoms with van der Waals surface area (Å²) in [5.41, 5.74) is 0. The van der Waals surface area contributed by atoms with E-state index in [1.165, 1.54) is 12.8 Å². The highest BCUT2D eigenvalue weighted by atomic mass is 16.1. The van der Waals surface area contributed by atoms with Crippen LogP contribution in [0.1, 0.15) is 67.2 Å². The molecule has 1 nitrogen and oxygen atoms in total. The zero-order valence-electron chi connectivity index (χ0n) is 10.9. The largest absolute Gasteiger partial charge is 0.300 e. The van der Waals surface area contributed by atoms with E-state index in [9.17, 15) is 4.79 Å². The van der Waals surface area contributed by atoms with E-state index < -0.39 is 0 Å². The predicted molar refractivity (Wildman–Crippen MR) is 64.5 cm³/mol. The summed E-state index contributed by atoms with van der Waals surface area (Å²) >= 11 is 0. The molecule has 0 amide bonds. The second-order valence-corrected chi connectivity index (χ2v) is 3.57. The number of hydrogen-bond acceptors (Lipinski definition) is 1. The Hall–Kier alpha value is -0.330. The maximum absolute atomic E-state index is 10.9. The van der Waals surface area contributed by atoms with E-state index in [0.29, 0.717) is 11.7 Å². The first-order valence-corrected chi connectivity index (χ1v) is 6.20. The number of hydrogen-bond donors (Lipinski definition) is 0. The Morgan fingerprint density at radius 1 is 0.929 bits per heavy atom. The van der Waals surface area contributed by atoms with Gasteiger partial charge in [-0.3, -0.25) is 4.79 Å². The van der Waals surface area contributed by atoms with Crippen molar-refractivity contribution in [2.45, 2.75) is 67.2 Å². The first-order valence-electron chi connectivity index (χ1n) is 6.20. The lowest BCUT2D eigenvalue weighted by molar-refractivity contribution is -0.121. The molecule has 0 unspecified atom stereocenters. The van der Waals surface area contributed by atoms with Crippen LogP contribution in [0.2, 0.25) is 0 Å². The Bertz CT molecular complexity index is 121. The Morgan fingerprint density at radius 2 is 1.29 bits per heavy atom. The zero-order valence-corrected chi connectivity index (χ0v) is 10.9. The molecule has 0 bridgehead atoms. The molecular weight excluding hydrogens is 172 g/mol. The number of Topliss-reactive ketones (excluding diaryl/α,β-unsaturated/α-hetero) is 1. The molecule has 1 fully saturated rings. The van der Waals surface area contributed by atoms with Gasteiger partial charge >= 0.3 is 0 Å². The highest BCUT2D eigenvalue weighted by molar-refractivity contribution is 5.78. The topological polar surface area (TPSA) is 17.1 Å². The lowest BCUT2D eigenvalue weighted by Crippen LogP contribution is -2.18. The number of carbonyl (C=O) groups excluding carboxylic acids is 1. The summed E-state index contributed by atoms with van der Waals surface area (Å²) in [7, 11) is 0. The third-order valence-corrected chi connectivity index (χ3v) is 2.59. The lowest BCUT2D eigenvalue weighted by atomic mass is 9.81. The molecule has 1 rings (SSSR count). The van der Waals surface area contributed by atoms with E-state index in [4.69, 9.17) is 0 Å². The normalized spacial score (nSPS) is 25.0. The monoisotopic (exact) mass is 200 g/mol. The SMILES string of the molecule is CC.CC.CC(=O)C1CCC(C)CC1. The van der Waals surface area contributed by atoms with Crippen molar-refractivity contribution in [3.63, 3.8) is 0 Å². The Morgan fingerprint density at radius 3 is 1.57 bits per heavy atom. The fourth-order valence-corrected chi connectivity index (χ4v) is 1.67. The predicted octanol–water partition coefficient (Wildman–Crippen LogP) is 4.45. The lowest BCUT2D eigenvalue weighted by Gasteiger charge is -2.23. The molecule has 0 saturated heterocycles. The minimum absolute atomic E-state index is 0.395. The molecule has 1 heteroatoms. The molecule has 0 aliphatic heterocycles. The van der Waals surface area contributed by atoms with E-state index in [2.05, 4.69) is 6.92 Å². The molecule has 86 valence electrons. The van der Waals surface area contributed by atoms with Crippen LogP contribution in [0.25, 0.3) is 0 Å². The Kier molecular flexibility index (Phi) is 12.4. The minimum atomic E-state index is 0.395. The standard InChI is InChI=1S/C9H16O.2C2H6/c1-7-3-5-9(6-4-7)8(2)10;2*1-2/h7,9H,3-6H2,1-2H3;2*1-2H3. The van der Waals surface area contributed by atoms with Crippen molar-refractivity contribution in [1.82, 2.24) is 0 Å². The Balaban J connectivity index is 0. The van der Waals surface area contributed by atoms with Crippen molar-refractivity contribution < 1.29 is 4.79 Å². The van der Waals surface area contributed by atoms with Gasteiger partial charge in [-0.1, -0.05) is 47.5 Å². The van der Waals surface area contributed by atoms with Crippen molar-refractivity contribution >= 4 is 5.78 Å². The van der Waals surface area contributed by atoms with E-state index in [1.54, 1.807) is 6.92 Å². The van der Waals surface area contributed by atoms with E-state index in [1.807, 2.05) is 27.7 Å². The maximum Gasteiger partial charge on any atom is 0.132 e. The van der Waals surface area contributed by atoms with Crippen LogP contribution in [0.15, 0.2) is 0 Å². The molecule has 0 aromatic heterocycles. The van der Waals surface area contributed by atoms with Gasteiger partial charge in [-0.15, -0.1) is 0 Å². The molecule has 0 atom stereocenters. The van der Waals surface area contributed by atoms with Gasteiger partial charge in [0, 0.05) is 5.92 Å². The van der Waals surface area contributed by atoms with Crippen LogP contribution in [0, 0.1) is 11.8 Å². The van der Waals surface area contributed by atoms with Gasteiger partial charge in [0.05, 0.1) is 0 Å². The Labute approximate surface area is 90.3 Å². The second kappa shape index (κ2) is 10.7. The van der Waals surface area contributed by atoms with E-state index in [-0.39, 0.29) is 0 Å². The fourth-order valence-electron chi connectivity index (χ4n) is 1.67. The first kappa shape index (κ1) is 16.1. The highest BCUT2D eigenvalue weighted by Gasteiger charge is 2.20. The molecule has 14 heavy (non-hydrogen) atoms. The van der Waals surface area contributed by atoms with Crippen molar-refractivity contribution in [1.29, 1.82) is 0 Å². The van der Waals surface area contributed by atoms with Crippen LogP contribution >= 0.6 is 0 Å². The van der Waals surface area contributed by atoms with Gasteiger partial charge in [-0.25, -0.2) is 0 Å². The average molecular weight is 200 g/mol. The van der Waals surface area contributed by atoms with Crippen LogP contribution in [-0.4, -0.2) is 5.78 Å². The van der Waals surface area contributed by atoms with Gasteiger partial charge in [0.2, 0.25) is 0 Å². The first-order chi connectivity index (χ1) is 6.70. The molecule has 0 radical (unpaired) electrons. The number of ketones is 1. The summed E-state index contributed by atoms with van der Waals surface area (Å²) in [6, 6.07) is 0. The van der Waals surface area contributed by atoms with Gasteiger partial charge in [0.25, 0.3) is 0 Å². The third-order valence-electron chi connectivity index (χ3n) is 2.59. The van der Waals surface area contributed by atoms with Crippen LogP contribution < -0.4 is 0 Å². The van der Waals surface area contributed by atoms with Gasteiger partial charge in [-0.2, -0.15) is 0 Å². The fraction of sp³-hybridized carbons (Fsp3) is 0.923. The highest BCUT2D eigenvalue weighted by Crippen LogP contribution is 2.28. The summed E-state index contributed by atoms with van der Waals surface area (Å²) < 4.78 is 0. The van der Waals surface area contributed by atoms with Crippen molar-refractivity contribution in [3.05, 3.63) is 0 Å². The van der Waals surface area contributed by atoms with Crippen LogP contribution in [0.4, 0.5) is 0 Å². The molecule has 0 aromatic rings. The van der Waals surface area contributed by atoms with E-state index in [0.717, 1.165) is 18.8 Å². The van der Waals surface area contributed by atoms with Crippen molar-refractivity contribution in [3.8, 4) is 0 Å². The molecular formula is C13H28O. The number of carbonyl (C=O) groups is 1. The smallest absolute Gasteiger partial charge is 0.132 e. The molecule has 0 heterocycles. The molecule has 1 aliphatic rings. The van der Waals surface area contributed by atoms with Crippen LogP contribution in [0.5, 0.6) is 0 Å². The molecule has 0 aromatic carbocycles. The molecule has 0 N–H and O–H groups in total. The molecule has 0 spiro atoms. The quantitative estimate of drug-likeness (QED) is 0.611. The van der Waals surface area contributed by atoms with Gasteiger partial charge in [-0.05, 0) is 25.7 Å². The van der Waals surface area contributed by atoms with Gasteiger partial charge in [0.1, 0.15) is 5.78 Å². The zero-order chi connectivity index (χ0) is 11.6. The average Bonchev–Trinajstić information content (AvgIpc) is 2.24. The molecule has 1 aliphatic carbocycles. The summed E-state index contributed by atoms with van der Waals surface area (Å²) in [6.07, 6.45) is 4.78. The minimum Gasteiger partial charge on any atom is -0.300 e. The third kappa shape index (κ3) is 7.11. The number of rotatable bonds is 1. The van der Waals surface area contributed by atoms with Gasteiger partial charge in [0.15, 0.2) is 0 Å². The van der Waals surface area contributed by atoms with Crippen LogP contribution in [0.3, 0.4) is 0 Å². The molecule has 1 saturated carbocycles. The van der Waals surface area contributed by atoms with Crippen molar-refractivity contribution in [2.75, 3.05) is 0 Å². The van der Waals surface area contributed by atoms with Crippen LogP contribution in [-0.2, 0) is 4.79 Å². The summed E-state index contributed by atoms with van der Waals surface area (Å²) in [4.78, 5) is 10.9.